The van der Waals surface area contributed by atoms with Crippen molar-refractivity contribution in [3.63, 3.8) is 0 Å². The van der Waals surface area contributed by atoms with Crippen LogP contribution in [0.5, 0.6) is 0 Å². The third kappa shape index (κ3) is 7.94. The van der Waals surface area contributed by atoms with Gasteiger partial charge >= 0.3 is 11.9 Å². The number of amides is 2. The highest BCUT2D eigenvalue weighted by Gasteiger charge is 2.35. The molecule has 0 spiro atoms. The number of hydrogen-bond acceptors (Lipinski definition) is 6. The minimum absolute atomic E-state index is 0.349. The summed E-state index contributed by atoms with van der Waals surface area (Å²) in [7, 11) is 0. The zero-order valence-corrected chi connectivity index (χ0v) is 17.0. The maximum absolute atomic E-state index is 12.5. The number of aliphatic hydroxyl groups excluding tert-OH is 1. The monoisotopic (exact) mass is 388 g/mol. The number of rotatable bonds is 10. The molecule has 2 amide bonds. The van der Waals surface area contributed by atoms with Gasteiger partial charge in [0.1, 0.15) is 18.2 Å². The number of aliphatic carboxylic acids is 1. The van der Waals surface area contributed by atoms with Gasteiger partial charge in [-0.15, -0.1) is 0 Å². The van der Waals surface area contributed by atoms with Gasteiger partial charge in [-0.3, -0.25) is 9.59 Å². The molecule has 27 heavy (non-hydrogen) atoms. The van der Waals surface area contributed by atoms with Gasteiger partial charge in [0.05, 0.1) is 0 Å². The van der Waals surface area contributed by atoms with E-state index in [2.05, 4.69) is 10.6 Å². The molecule has 0 aromatic rings. The van der Waals surface area contributed by atoms with E-state index in [0.29, 0.717) is 0 Å². The number of carbonyl (C=O) groups excluding carboxylic acids is 3. The first kappa shape index (κ1) is 24.8. The topological polar surface area (TPSA) is 142 Å². The summed E-state index contributed by atoms with van der Waals surface area (Å²) in [5, 5.41) is 23.3. The molecule has 0 aliphatic heterocycles. The molecule has 0 radical (unpaired) electrons. The molecule has 156 valence electrons. The van der Waals surface area contributed by atoms with Crippen LogP contribution in [0.3, 0.4) is 0 Å². The Morgan fingerprint density at radius 1 is 0.741 bits per heavy atom. The van der Waals surface area contributed by atoms with E-state index < -0.39 is 54.0 Å². The fraction of sp³-hybridized carbons (Fsp3) is 0.778. The second kappa shape index (κ2) is 10.9. The van der Waals surface area contributed by atoms with Gasteiger partial charge in [-0.25, -0.2) is 9.59 Å². The fourth-order valence-corrected chi connectivity index (χ4v) is 2.21. The van der Waals surface area contributed by atoms with Crippen molar-refractivity contribution in [2.24, 2.45) is 17.8 Å². The highest BCUT2D eigenvalue weighted by Crippen LogP contribution is 2.13. The van der Waals surface area contributed by atoms with Crippen LogP contribution in [0.2, 0.25) is 0 Å². The third-order valence-electron chi connectivity index (χ3n) is 3.94. The lowest BCUT2D eigenvalue weighted by Gasteiger charge is -2.27. The van der Waals surface area contributed by atoms with Gasteiger partial charge in [0.25, 0.3) is 5.91 Å². The molecule has 0 aliphatic rings. The summed E-state index contributed by atoms with van der Waals surface area (Å²) in [5.41, 5.74) is 0. The Morgan fingerprint density at radius 2 is 1.19 bits per heavy atom. The van der Waals surface area contributed by atoms with Crippen LogP contribution in [0.1, 0.15) is 48.5 Å². The summed E-state index contributed by atoms with van der Waals surface area (Å²) in [4.78, 5) is 48.0. The van der Waals surface area contributed by atoms with E-state index in [1.807, 2.05) is 0 Å². The van der Waals surface area contributed by atoms with Gasteiger partial charge in [-0.1, -0.05) is 41.5 Å². The summed E-state index contributed by atoms with van der Waals surface area (Å²) < 4.78 is 5.30. The molecule has 0 saturated heterocycles. The molecule has 4 atom stereocenters. The van der Waals surface area contributed by atoms with Gasteiger partial charge in [-0.2, -0.15) is 0 Å². The number of carboxylic acid groups (broad SMARTS) is 1. The average molecular weight is 388 g/mol. The number of carbonyl (C=O) groups is 4. The second-order valence-electron chi connectivity index (χ2n) is 7.58. The highest BCUT2D eigenvalue weighted by molar-refractivity contribution is 5.90. The Labute approximate surface area is 159 Å². The molecule has 0 saturated carbocycles. The SMILES string of the molecule is CC(C)[C@H](NC(=O)[C@H](C)O)C(=O)O[C@@H](C(=O)N[C@@H](C(=O)O)C(C)C)C(C)C. The Hall–Kier alpha value is -2.16. The Bertz CT molecular complexity index is 544. The lowest BCUT2D eigenvalue weighted by atomic mass is 10.0. The van der Waals surface area contributed by atoms with Crippen molar-refractivity contribution in [2.75, 3.05) is 0 Å². The van der Waals surface area contributed by atoms with E-state index in [9.17, 15) is 29.4 Å². The first-order chi connectivity index (χ1) is 12.3. The maximum Gasteiger partial charge on any atom is 0.329 e. The molecule has 9 heteroatoms. The highest BCUT2D eigenvalue weighted by atomic mass is 16.6. The zero-order chi connectivity index (χ0) is 21.5. The van der Waals surface area contributed by atoms with Crippen molar-refractivity contribution in [3.05, 3.63) is 0 Å². The quantitative estimate of drug-likeness (QED) is 0.394. The standard InChI is InChI=1S/C18H32N2O7/c1-8(2)12(17(24)25)19-16(23)14(10(5)6)27-18(26)13(9(3)4)20-15(22)11(7)21/h8-14,21H,1-7H3,(H,19,23)(H,20,22)(H,24,25)/t11-,12+,13-,14+/m0/s1. The first-order valence-corrected chi connectivity index (χ1v) is 9.01. The van der Waals surface area contributed by atoms with Crippen molar-refractivity contribution in [1.29, 1.82) is 0 Å². The Morgan fingerprint density at radius 3 is 1.52 bits per heavy atom. The van der Waals surface area contributed by atoms with E-state index >= 15 is 0 Å². The average Bonchev–Trinajstić information content (AvgIpc) is 2.52. The van der Waals surface area contributed by atoms with Gasteiger partial charge in [-0.05, 0) is 24.7 Å². The largest absolute Gasteiger partial charge is 0.480 e. The number of nitrogens with one attached hydrogen (secondary N) is 2. The van der Waals surface area contributed by atoms with E-state index in [4.69, 9.17) is 4.74 Å². The molecule has 0 heterocycles. The molecule has 0 fully saturated rings. The van der Waals surface area contributed by atoms with Crippen LogP contribution in [-0.2, 0) is 23.9 Å². The molecular formula is C18H32N2O7. The van der Waals surface area contributed by atoms with Crippen molar-refractivity contribution < 1.29 is 34.1 Å². The number of hydrogen-bond donors (Lipinski definition) is 4. The molecule has 0 bridgehead atoms. The minimum Gasteiger partial charge on any atom is -0.480 e. The predicted octanol–water partition coefficient (Wildman–Crippen LogP) is 0.301. The van der Waals surface area contributed by atoms with E-state index in [1.165, 1.54) is 6.92 Å². The summed E-state index contributed by atoms with van der Waals surface area (Å²) in [5.74, 6) is -4.59. The van der Waals surface area contributed by atoms with Gasteiger partial charge < -0.3 is 25.6 Å². The second-order valence-corrected chi connectivity index (χ2v) is 7.58. The van der Waals surface area contributed by atoms with Crippen molar-refractivity contribution in [2.45, 2.75) is 72.8 Å². The predicted molar refractivity (Wildman–Crippen MR) is 97.6 cm³/mol. The molecular weight excluding hydrogens is 356 g/mol. The lowest BCUT2D eigenvalue weighted by Crippen LogP contribution is -2.53. The molecule has 0 unspecified atom stereocenters. The number of esters is 1. The van der Waals surface area contributed by atoms with Crippen LogP contribution in [0.25, 0.3) is 0 Å². The van der Waals surface area contributed by atoms with Gasteiger partial charge in [0, 0.05) is 0 Å². The van der Waals surface area contributed by atoms with Crippen molar-refractivity contribution in [1.82, 2.24) is 10.6 Å². The summed E-state index contributed by atoms with van der Waals surface area (Å²) in [6, 6.07) is -2.17. The van der Waals surface area contributed by atoms with Crippen LogP contribution >= 0.6 is 0 Å². The Kier molecular flexibility index (Phi) is 9.99. The minimum atomic E-state index is -1.30. The Balaban J connectivity index is 5.30. The molecule has 4 N–H and O–H groups in total. The van der Waals surface area contributed by atoms with Gasteiger partial charge in [0.15, 0.2) is 6.10 Å². The fourth-order valence-electron chi connectivity index (χ4n) is 2.21. The van der Waals surface area contributed by atoms with Crippen LogP contribution in [-0.4, -0.2) is 58.3 Å². The molecule has 0 aromatic heterocycles. The van der Waals surface area contributed by atoms with E-state index in [-0.39, 0.29) is 11.8 Å². The summed E-state index contributed by atoms with van der Waals surface area (Å²) in [6.45, 7) is 11.2. The van der Waals surface area contributed by atoms with Crippen LogP contribution in [0.4, 0.5) is 0 Å². The van der Waals surface area contributed by atoms with E-state index in [0.717, 1.165) is 0 Å². The zero-order valence-electron chi connectivity index (χ0n) is 17.0. The van der Waals surface area contributed by atoms with Crippen LogP contribution in [0, 0.1) is 17.8 Å². The number of aliphatic hydroxyl groups is 1. The lowest BCUT2D eigenvalue weighted by molar-refractivity contribution is -0.163. The molecule has 0 aromatic carbocycles. The number of ether oxygens (including phenoxy) is 1. The van der Waals surface area contributed by atoms with Crippen LogP contribution < -0.4 is 10.6 Å². The van der Waals surface area contributed by atoms with Crippen molar-refractivity contribution >= 4 is 23.8 Å². The molecule has 0 rings (SSSR count). The third-order valence-corrected chi connectivity index (χ3v) is 3.94. The summed E-state index contributed by atoms with van der Waals surface area (Å²) >= 11 is 0. The van der Waals surface area contributed by atoms with E-state index in [1.54, 1.807) is 41.5 Å². The normalized spacial score (nSPS) is 15.8. The number of carboxylic acids is 1. The van der Waals surface area contributed by atoms with Crippen molar-refractivity contribution in [3.8, 4) is 0 Å². The molecule has 9 nitrogen and oxygen atoms in total. The first-order valence-electron chi connectivity index (χ1n) is 9.01. The maximum atomic E-state index is 12.5. The summed E-state index contributed by atoms with van der Waals surface area (Å²) in [6.07, 6.45) is -2.52. The van der Waals surface area contributed by atoms with Gasteiger partial charge in [0.2, 0.25) is 5.91 Å². The smallest absolute Gasteiger partial charge is 0.329 e. The molecule has 0 aliphatic carbocycles. The van der Waals surface area contributed by atoms with Crippen LogP contribution in [0.15, 0.2) is 0 Å².